The van der Waals surface area contributed by atoms with Crippen molar-refractivity contribution in [2.45, 2.75) is 46.1 Å². The van der Waals surface area contributed by atoms with E-state index in [4.69, 9.17) is 4.99 Å². The second-order valence-electron chi connectivity index (χ2n) is 6.18. The molecule has 2 heteroatoms. The Morgan fingerprint density at radius 2 is 1.95 bits per heavy atom. The molecule has 0 fully saturated rings. The van der Waals surface area contributed by atoms with Crippen molar-refractivity contribution in [1.82, 2.24) is 4.57 Å². The Morgan fingerprint density at radius 3 is 2.58 bits per heavy atom. The number of hydrogen-bond donors (Lipinski definition) is 0. The van der Waals surface area contributed by atoms with Gasteiger partial charge in [-0.2, -0.15) is 0 Å². The van der Waals surface area contributed by atoms with Gasteiger partial charge in [-0.3, -0.25) is 4.99 Å². The predicted octanol–water partition coefficient (Wildman–Crippen LogP) is 4.57. The van der Waals surface area contributed by atoms with Gasteiger partial charge in [0.2, 0.25) is 0 Å². The molecule has 0 aliphatic carbocycles. The molecule has 1 heterocycles. The van der Waals surface area contributed by atoms with Crippen LogP contribution in [0.5, 0.6) is 0 Å². The normalized spacial score (nSPS) is 13.2. The third-order valence-electron chi connectivity index (χ3n) is 3.18. The summed E-state index contributed by atoms with van der Waals surface area (Å²) in [7, 11) is 2.09. The van der Waals surface area contributed by atoms with E-state index in [1.807, 2.05) is 0 Å². The molecule has 1 aromatic heterocycles. The summed E-state index contributed by atoms with van der Waals surface area (Å²) >= 11 is 0. The quantitative estimate of drug-likeness (QED) is 0.716. The zero-order valence-corrected chi connectivity index (χ0v) is 12.7. The van der Waals surface area contributed by atoms with Gasteiger partial charge in [-0.05, 0) is 50.3 Å². The molecule has 0 N–H and O–H groups in total. The molecule has 1 aromatic carbocycles. The zero-order chi connectivity index (χ0) is 14.0. The Balaban J connectivity index is 2.50. The Morgan fingerprint density at radius 1 is 1.21 bits per heavy atom. The largest absolute Gasteiger partial charge is 0.351 e. The molecule has 2 nitrogen and oxygen atoms in total. The third kappa shape index (κ3) is 3.25. The number of rotatable bonds is 3. The number of aliphatic imine (C=N–C) groups is 1. The molecule has 0 radical (unpaired) electrons. The van der Waals surface area contributed by atoms with Crippen molar-refractivity contribution >= 4 is 16.6 Å². The fraction of sp³-hybridized carbons (Fsp3) is 0.471. The van der Waals surface area contributed by atoms with Crippen LogP contribution in [0, 0.1) is 0 Å². The molecule has 2 aromatic rings. The Labute approximate surface area is 116 Å². The lowest BCUT2D eigenvalue weighted by Gasteiger charge is -2.16. The van der Waals surface area contributed by atoms with Crippen LogP contribution in [0.2, 0.25) is 0 Å². The maximum Gasteiger partial charge on any atom is 0.0527 e. The lowest BCUT2D eigenvalue weighted by molar-refractivity contribution is 0.581. The second kappa shape index (κ2) is 5.20. The molecule has 102 valence electrons. The fourth-order valence-electron chi connectivity index (χ4n) is 2.35. The minimum Gasteiger partial charge on any atom is -0.351 e. The summed E-state index contributed by atoms with van der Waals surface area (Å²) in [6.45, 7) is 8.68. The maximum atomic E-state index is 4.90. The van der Waals surface area contributed by atoms with Crippen molar-refractivity contribution in [3.05, 3.63) is 36.0 Å². The number of benzene rings is 1. The van der Waals surface area contributed by atoms with Gasteiger partial charge in [-0.15, -0.1) is 0 Å². The number of aromatic nitrogens is 1. The molecule has 0 saturated carbocycles. The van der Waals surface area contributed by atoms with Crippen molar-refractivity contribution in [1.29, 1.82) is 0 Å². The summed E-state index contributed by atoms with van der Waals surface area (Å²) in [6, 6.07) is 8.80. The highest BCUT2D eigenvalue weighted by molar-refractivity contribution is 6.03. The SMILES string of the molecule is CCCC(=NC(C)(C)C)c1ccc2ccn(C)c2c1. The molecule has 0 aliphatic rings. The lowest BCUT2D eigenvalue weighted by Crippen LogP contribution is -2.15. The van der Waals surface area contributed by atoms with E-state index in [0.717, 1.165) is 12.8 Å². The van der Waals surface area contributed by atoms with Crippen molar-refractivity contribution in [2.75, 3.05) is 0 Å². The first kappa shape index (κ1) is 13.9. The van der Waals surface area contributed by atoms with Crippen LogP contribution >= 0.6 is 0 Å². The molecule has 0 spiro atoms. The summed E-state index contributed by atoms with van der Waals surface area (Å²) in [6.07, 6.45) is 4.27. The molecular weight excluding hydrogens is 232 g/mol. The van der Waals surface area contributed by atoms with Gasteiger partial charge in [-0.1, -0.05) is 25.5 Å². The fourth-order valence-corrected chi connectivity index (χ4v) is 2.35. The molecule has 0 unspecified atom stereocenters. The van der Waals surface area contributed by atoms with E-state index in [0.29, 0.717) is 0 Å². The first-order chi connectivity index (χ1) is 8.90. The number of hydrogen-bond acceptors (Lipinski definition) is 1. The molecule has 19 heavy (non-hydrogen) atoms. The Hall–Kier alpha value is -1.57. The lowest BCUT2D eigenvalue weighted by atomic mass is 10.0. The summed E-state index contributed by atoms with van der Waals surface area (Å²) in [5.74, 6) is 0. The summed E-state index contributed by atoms with van der Waals surface area (Å²) in [5, 5.41) is 1.29. The van der Waals surface area contributed by atoms with Crippen LogP contribution in [0.25, 0.3) is 10.9 Å². The Bertz CT molecular complexity index is 597. The highest BCUT2D eigenvalue weighted by Crippen LogP contribution is 2.20. The Kier molecular flexibility index (Phi) is 3.79. The summed E-state index contributed by atoms with van der Waals surface area (Å²) in [4.78, 5) is 4.90. The smallest absolute Gasteiger partial charge is 0.0527 e. The van der Waals surface area contributed by atoms with Crippen molar-refractivity contribution in [3.63, 3.8) is 0 Å². The van der Waals surface area contributed by atoms with E-state index in [2.05, 4.69) is 69.8 Å². The first-order valence-electron chi connectivity index (χ1n) is 7.05. The number of nitrogens with zero attached hydrogens (tertiary/aromatic N) is 2. The minimum absolute atomic E-state index is 0.0202. The van der Waals surface area contributed by atoms with Crippen LogP contribution in [-0.4, -0.2) is 15.8 Å². The van der Waals surface area contributed by atoms with E-state index in [1.165, 1.54) is 22.2 Å². The van der Waals surface area contributed by atoms with Crippen molar-refractivity contribution in [3.8, 4) is 0 Å². The van der Waals surface area contributed by atoms with Crippen molar-refractivity contribution in [2.24, 2.45) is 12.0 Å². The van der Waals surface area contributed by atoms with Gasteiger partial charge in [0.1, 0.15) is 0 Å². The third-order valence-corrected chi connectivity index (χ3v) is 3.18. The topological polar surface area (TPSA) is 17.3 Å². The molecule has 0 saturated heterocycles. The van der Waals surface area contributed by atoms with E-state index >= 15 is 0 Å². The predicted molar refractivity (Wildman–Crippen MR) is 84.1 cm³/mol. The van der Waals surface area contributed by atoms with Gasteiger partial charge in [-0.25, -0.2) is 0 Å². The molecular formula is C17H24N2. The maximum absolute atomic E-state index is 4.90. The van der Waals surface area contributed by atoms with Crippen LogP contribution in [0.15, 0.2) is 35.5 Å². The second-order valence-corrected chi connectivity index (χ2v) is 6.18. The summed E-state index contributed by atoms with van der Waals surface area (Å²) in [5.41, 5.74) is 3.73. The zero-order valence-electron chi connectivity index (χ0n) is 12.7. The summed E-state index contributed by atoms with van der Waals surface area (Å²) < 4.78 is 2.17. The van der Waals surface area contributed by atoms with Gasteiger partial charge >= 0.3 is 0 Å². The monoisotopic (exact) mass is 256 g/mol. The van der Waals surface area contributed by atoms with E-state index in [1.54, 1.807) is 0 Å². The molecule has 0 amide bonds. The average Bonchev–Trinajstić information content (AvgIpc) is 2.69. The highest BCUT2D eigenvalue weighted by Gasteiger charge is 2.12. The molecule has 0 aliphatic heterocycles. The van der Waals surface area contributed by atoms with Crippen LogP contribution in [0.1, 0.15) is 46.1 Å². The average molecular weight is 256 g/mol. The van der Waals surface area contributed by atoms with Crippen LogP contribution in [-0.2, 0) is 7.05 Å². The van der Waals surface area contributed by atoms with Crippen LogP contribution in [0.3, 0.4) is 0 Å². The number of aryl methyl sites for hydroxylation is 1. The van der Waals surface area contributed by atoms with Gasteiger partial charge in [0.15, 0.2) is 0 Å². The van der Waals surface area contributed by atoms with E-state index in [9.17, 15) is 0 Å². The van der Waals surface area contributed by atoms with Crippen LogP contribution in [0.4, 0.5) is 0 Å². The first-order valence-corrected chi connectivity index (χ1v) is 7.05. The molecule has 2 rings (SSSR count). The highest BCUT2D eigenvalue weighted by atomic mass is 14.9. The number of fused-ring (bicyclic) bond motifs is 1. The van der Waals surface area contributed by atoms with Gasteiger partial charge in [0.25, 0.3) is 0 Å². The minimum atomic E-state index is -0.0202. The van der Waals surface area contributed by atoms with Gasteiger partial charge in [0, 0.05) is 24.5 Å². The molecule has 0 atom stereocenters. The van der Waals surface area contributed by atoms with Crippen LogP contribution < -0.4 is 0 Å². The van der Waals surface area contributed by atoms with Crippen molar-refractivity contribution < 1.29 is 0 Å². The van der Waals surface area contributed by atoms with E-state index in [-0.39, 0.29) is 5.54 Å². The standard InChI is InChI=1S/C17H24N2/c1-6-7-15(18-17(2,3)4)14-9-8-13-10-11-19(5)16(13)12-14/h8-12H,6-7H2,1-5H3. The van der Waals surface area contributed by atoms with Gasteiger partial charge in [0.05, 0.1) is 5.54 Å². The molecule has 0 bridgehead atoms. The van der Waals surface area contributed by atoms with E-state index < -0.39 is 0 Å². The van der Waals surface area contributed by atoms with Gasteiger partial charge < -0.3 is 4.57 Å².